The minimum absolute atomic E-state index is 0. The quantitative estimate of drug-likeness (QED) is 0.394. The lowest BCUT2D eigenvalue weighted by Gasteiger charge is -2.32. The Labute approximate surface area is 191 Å². The molecule has 5 nitrogen and oxygen atoms in total. The number of hydrogen-bond donors (Lipinski definition) is 1. The van der Waals surface area contributed by atoms with Crippen molar-refractivity contribution >= 4 is 35.6 Å². The zero-order valence-electron chi connectivity index (χ0n) is 17.5. The number of aliphatic imine (C=N–C) groups is 1. The van der Waals surface area contributed by atoms with Crippen LogP contribution in [0, 0.1) is 0 Å². The molecule has 0 saturated carbocycles. The van der Waals surface area contributed by atoms with E-state index in [0.717, 1.165) is 45.1 Å². The van der Waals surface area contributed by atoms with Crippen LogP contribution in [0.5, 0.6) is 0 Å². The van der Waals surface area contributed by atoms with Gasteiger partial charge in [0.2, 0.25) is 0 Å². The molecule has 2 aliphatic rings. The van der Waals surface area contributed by atoms with E-state index in [0.29, 0.717) is 0 Å². The summed E-state index contributed by atoms with van der Waals surface area (Å²) < 4.78 is 0. The molecule has 0 spiro atoms. The molecule has 29 heavy (non-hydrogen) atoms. The van der Waals surface area contributed by atoms with E-state index in [1.54, 1.807) is 0 Å². The monoisotopic (exact) mass is 505 g/mol. The number of hydrogen-bond acceptors (Lipinski definition) is 3. The van der Waals surface area contributed by atoms with Crippen molar-refractivity contribution < 1.29 is 0 Å². The Balaban J connectivity index is 0.00000240. The predicted molar refractivity (Wildman–Crippen MR) is 132 cm³/mol. The summed E-state index contributed by atoms with van der Waals surface area (Å²) in [6.45, 7) is 7.49. The smallest absolute Gasteiger partial charge is 0.198 e. The number of halogens is 1. The minimum Gasteiger partial charge on any atom is -0.352 e. The van der Waals surface area contributed by atoms with Crippen LogP contribution in [0.2, 0.25) is 0 Å². The molecule has 0 bridgehead atoms. The van der Waals surface area contributed by atoms with Gasteiger partial charge >= 0.3 is 0 Å². The second-order valence-electron chi connectivity index (χ2n) is 7.83. The van der Waals surface area contributed by atoms with Gasteiger partial charge < -0.3 is 15.1 Å². The fourth-order valence-electron chi connectivity index (χ4n) is 4.06. The van der Waals surface area contributed by atoms with Crippen molar-refractivity contribution in [3.63, 3.8) is 0 Å². The van der Waals surface area contributed by atoms with Crippen molar-refractivity contribution in [3.8, 4) is 0 Å². The number of piperazine rings is 1. The average molecular weight is 505 g/mol. The minimum atomic E-state index is 0. The highest BCUT2D eigenvalue weighted by molar-refractivity contribution is 14.0. The third-order valence-electron chi connectivity index (χ3n) is 5.83. The number of nitrogens with zero attached hydrogens (tertiary/aromatic N) is 4. The van der Waals surface area contributed by atoms with E-state index in [4.69, 9.17) is 0 Å². The summed E-state index contributed by atoms with van der Waals surface area (Å²) in [5.41, 5.74) is 5.36. The summed E-state index contributed by atoms with van der Waals surface area (Å²) >= 11 is 0. The van der Waals surface area contributed by atoms with Crippen LogP contribution in [0.4, 0.5) is 5.69 Å². The molecule has 2 aromatic rings. The number of rotatable bonds is 4. The summed E-state index contributed by atoms with van der Waals surface area (Å²) in [5.74, 6) is 0.950. The van der Waals surface area contributed by atoms with Crippen molar-refractivity contribution in [1.29, 1.82) is 0 Å². The Morgan fingerprint density at radius 1 is 0.931 bits per heavy atom. The molecule has 6 heteroatoms. The second-order valence-corrected chi connectivity index (χ2v) is 7.83. The third-order valence-corrected chi connectivity index (χ3v) is 5.83. The van der Waals surface area contributed by atoms with Crippen LogP contribution < -0.4 is 10.2 Å². The van der Waals surface area contributed by atoms with Gasteiger partial charge in [0.1, 0.15) is 0 Å². The van der Waals surface area contributed by atoms with Crippen LogP contribution in [0.1, 0.15) is 16.7 Å². The zero-order chi connectivity index (χ0) is 19.3. The van der Waals surface area contributed by atoms with E-state index in [9.17, 15) is 0 Å². The molecule has 2 heterocycles. The lowest BCUT2D eigenvalue weighted by Crippen LogP contribution is -2.43. The van der Waals surface area contributed by atoms with E-state index in [1.807, 2.05) is 7.05 Å². The number of fused-ring (bicyclic) bond motifs is 1. The topological polar surface area (TPSA) is 34.1 Å². The molecular formula is C23H32IN5. The second kappa shape index (κ2) is 10.4. The highest BCUT2D eigenvalue weighted by atomic mass is 127. The molecule has 0 radical (unpaired) electrons. The van der Waals surface area contributed by atoms with Gasteiger partial charge in [-0.1, -0.05) is 42.5 Å². The first-order valence-electron chi connectivity index (χ1n) is 10.3. The Morgan fingerprint density at radius 3 is 2.34 bits per heavy atom. The molecule has 0 aromatic heterocycles. The predicted octanol–water partition coefficient (Wildman–Crippen LogP) is 3.19. The highest BCUT2D eigenvalue weighted by Gasteiger charge is 2.22. The Bertz CT molecular complexity index is 812. The van der Waals surface area contributed by atoms with E-state index < -0.39 is 0 Å². The van der Waals surface area contributed by atoms with Crippen LogP contribution in [0.3, 0.4) is 0 Å². The number of likely N-dealkylation sites (N-methyl/N-ethyl adjacent to an activating group) is 1. The molecule has 0 aliphatic carbocycles. The van der Waals surface area contributed by atoms with Crippen molar-refractivity contribution in [1.82, 2.24) is 15.1 Å². The lowest BCUT2D eigenvalue weighted by molar-refractivity contribution is 0.148. The van der Waals surface area contributed by atoms with Crippen LogP contribution in [-0.2, 0) is 19.5 Å². The number of benzene rings is 2. The normalized spacial score (nSPS) is 17.7. The van der Waals surface area contributed by atoms with E-state index in [2.05, 4.69) is 80.6 Å². The summed E-state index contributed by atoms with van der Waals surface area (Å²) in [6.07, 6.45) is 1.08. The first-order valence-corrected chi connectivity index (χ1v) is 10.3. The standard InChI is InChI=1S/C23H31N5.HI/c1-24-23(28-12-11-21-5-3-4-6-22(21)28)25-17-19-7-9-20(10-8-19)18-27-15-13-26(2)14-16-27;/h3-10H,11-18H2,1-2H3,(H,24,25);1H. The van der Waals surface area contributed by atoms with Gasteiger partial charge in [-0.2, -0.15) is 0 Å². The van der Waals surface area contributed by atoms with Crippen LogP contribution >= 0.6 is 24.0 Å². The van der Waals surface area contributed by atoms with Gasteiger partial charge in [0, 0.05) is 58.5 Å². The first kappa shape index (κ1) is 22.1. The number of guanidine groups is 1. The molecule has 0 unspecified atom stereocenters. The van der Waals surface area contributed by atoms with E-state index >= 15 is 0 Å². The maximum absolute atomic E-state index is 4.51. The van der Waals surface area contributed by atoms with Gasteiger partial charge in [-0.3, -0.25) is 9.89 Å². The molecule has 4 rings (SSSR count). The van der Waals surface area contributed by atoms with Gasteiger partial charge in [0.05, 0.1) is 0 Å². The molecule has 1 N–H and O–H groups in total. The molecule has 1 fully saturated rings. The first-order chi connectivity index (χ1) is 13.7. The lowest BCUT2D eigenvalue weighted by atomic mass is 10.1. The SMILES string of the molecule is CN=C(NCc1ccc(CN2CCN(C)CC2)cc1)N1CCc2ccccc21.I. The Hall–Kier alpha value is -1.64. The molecular weight excluding hydrogens is 473 g/mol. The van der Waals surface area contributed by atoms with Gasteiger partial charge in [-0.25, -0.2) is 0 Å². The van der Waals surface area contributed by atoms with Gasteiger partial charge in [-0.05, 0) is 36.2 Å². The summed E-state index contributed by atoms with van der Waals surface area (Å²) in [6, 6.07) is 17.6. The van der Waals surface area contributed by atoms with Gasteiger partial charge in [0.25, 0.3) is 0 Å². The van der Waals surface area contributed by atoms with Crippen LogP contribution in [0.25, 0.3) is 0 Å². The fourth-order valence-corrected chi connectivity index (χ4v) is 4.06. The zero-order valence-corrected chi connectivity index (χ0v) is 19.8. The summed E-state index contributed by atoms with van der Waals surface area (Å²) in [5, 5.41) is 3.53. The average Bonchev–Trinajstić information content (AvgIpc) is 3.16. The van der Waals surface area contributed by atoms with Gasteiger partial charge in [0.15, 0.2) is 5.96 Å². The Kier molecular flexibility index (Phi) is 7.91. The summed E-state index contributed by atoms with van der Waals surface area (Å²) in [7, 11) is 4.07. The highest BCUT2D eigenvalue weighted by Crippen LogP contribution is 2.27. The Morgan fingerprint density at radius 2 is 1.62 bits per heavy atom. The molecule has 1 saturated heterocycles. The number of anilines is 1. The maximum Gasteiger partial charge on any atom is 0.198 e. The maximum atomic E-state index is 4.51. The van der Waals surface area contributed by atoms with Crippen LogP contribution in [-0.4, -0.2) is 62.6 Å². The summed E-state index contributed by atoms with van der Waals surface area (Å²) in [4.78, 5) is 11.7. The molecule has 0 amide bonds. The third kappa shape index (κ3) is 5.49. The molecule has 2 aromatic carbocycles. The largest absolute Gasteiger partial charge is 0.352 e. The number of nitrogens with one attached hydrogen (secondary N) is 1. The van der Waals surface area contributed by atoms with Crippen LogP contribution in [0.15, 0.2) is 53.5 Å². The van der Waals surface area contributed by atoms with E-state index in [-0.39, 0.29) is 24.0 Å². The van der Waals surface area contributed by atoms with Crippen molar-refractivity contribution in [2.45, 2.75) is 19.5 Å². The van der Waals surface area contributed by atoms with Crippen molar-refractivity contribution in [2.75, 3.05) is 51.7 Å². The fraction of sp³-hybridized carbons (Fsp3) is 0.435. The molecule has 0 atom stereocenters. The number of para-hydroxylation sites is 1. The molecule has 2 aliphatic heterocycles. The van der Waals surface area contributed by atoms with Crippen molar-refractivity contribution in [3.05, 3.63) is 65.2 Å². The molecule has 156 valence electrons. The van der Waals surface area contributed by atoms with Gasteiger partial charge in [-0.15, -0.1) is 24.0 Å². The van der Waals surface area contributed by atoms with Crippen molar-refractivity contribution in [2.24, 2.45) is 4.99 Å². The van der Waals surface area contributed by atoms with E-state index in [1.165, 1.54) is 35.5 Å².